The van der Waals surface area contributed by atoms with Gasteiger partial charge in [0.2, 0.25) is 0 Å². The van der Waals surface area contributed by atoms with E-state index in [0.29, 0.717) is 12.1 Å². The molecule has 2 aromatic heterocycles. The standard InChI is InChI=1S/C40H58FN5O10/c1-12-28-40(8)31(44-37(51)56-40)24(5)32(49)38(6,41)19-39(7,52-15-13-14-25-17-27-34(42-18-25)43-20-46(27)11)33(22(3)29(47)23(4)35(50)54-28)55-36-30(48)26(45(9)10)16-21(2)53-36/h13-14,17-18,20-24,26,28,30-31,33,36,48H,12,15-16,19H2,1-11H3,(H,44,51)/b14-13+/t21-,22+,23-,24-,26+,28-,30-,31+,33-,36+,38+,39-,40-/m1/s1. The third-order valence-corrected chi connectivity index (χ3v) is 11.8. The number of imidazole rings is 1. The number of aryl methyl sites for hydroxylation is 1. The van der Waals surface area contributed by atoms with Gasteiger partial charge in [-0.05, 0) is 73.2 Å². The topological polar surface area (TPSA) is 181 Å². The van der Waals surface area contributed by atoms with Crippen molar-refractivity contribution in [2.75, 3.05) is 20.7 Å². The van der Waals surface area contributed by atoms with Crippen molar-refractivity contribution in [3.05, 3.63) is 30.2 Å². The van der Waals surface area contributed by atoms with Gasteiger partial charge >= 0.3 is 12.1 Å². The van der Waals surface area contributed by atoms with Crippen LogP contribution in [0.2, 0.25) is 0 Å². The molecule has 16 heteroatoms. The van der Waals surface area contributed by atoms with Gasteiger partial charge in [-0.15, -0.1) is 0 Å². The van der Waals surface area contributed by atoms with E-state index in [0.717, 1.165) is 18.0 Å². The molecular weight excluding hydrogens is 729 g/mol. The van der Waals surface area contributed by atoms with Crippen molar-refractivity contribution < 1.29 is 52.4 Å². The number of nitrogens with zero attached hydrogens (tertiary/aromatic N) is 4. The fourth-order valence-electron chi connectivity index (χ4n) is 8.69. The van der Waals surface area contributed by atoms with E-state index in [1.807, 2.05) is 43.6 Å². The Morgan fingerprint density at radius 1 is 1.11 bits per heavy atom. The van der Waals surface area contributed by atoms with E-state index in [4.69, 9.17) is 23.7 Å². The monoisotopic (exact) mass is 787 g/mol. The van der Waals surface area contributed by atoms with E-state index in [9.17, 15) is 24.3 Å². The number of carbonyl (C=O) groups excluding carboxylic acids is 4. The molecule has 56 heavy (non-hydrogen) atoms. The van der Waals surface area contributed by atoms with Crippen molar-refractivity contribution in [3.8, 4) is 0 Å². The van der Waals surface area contributed by atoms with Gasteiger partial charge in [0.1, 0.15) is 18.1 Å². The number of nitrogens with one attached hydrogen (secondary N) is 1. The zero-order valence-electron chi connectivity index (χ0n) is 34.3. The lowest BCUT2D eigenvalue weighted by Crippen LogP contribution is -2.62. The van der Waals surface area contributed by atoms with Crippen molar-refractivity contribution in [1.82, 2.24) is 24.8 Å². The summed E-state index contributed by atoms with van der Waals surface area (Å²) in [7, 11) is 5.49. The number of esters is 1. The van der Waals surface area contributed by atoms with Gasteiger partial charge in [-0.2, -0.15) is 0 Å². The van der Waals surface area contributed by atoms with E-state index >= 15 is 4.39 Å². The number of alkyl carbamates (subject to hydrolysis) is 1. The zero-order chi connectivity index (χ0) is 41.5. The van der Waals surface area contributed by atoms with Crippen molar-refractivity contribution >= 4 is 40.9 Å². The molecule has 0 radical (unpaired) electrons. The first-order valence-corrected chi connectivity index (χ1v) is 19.3. The molecule has 13 atom stereocenters. The van der Waals surface area contributed by atoms with Gasteiger partial charge in [0.25, 0.3) is 0 Å². The number of ketones is 2. The van der Waals surface area contributed by atoms with Crippen LogP contribution in [0.3, 0.4) is 0 Å². The van der Waals surface area contributed by atoms with E-state index in [1.54, 1.807) is 38.5 Å². The Bertz CT molecular complexity index is 1820. The van der Waals surface area contributed by atoms with Crippen LogP contribution < -0.4 is 5.32 Å². The molecule has 2 N–H and O–H groups in total. The Hall–Kier alpha value is -3.83. The molecule has 2 aromatic rings. The number of alkyl halides is 1. The van der Waals surface area contributed by atoms with Crippen LogP contribution in [0.4, 0.5) is 9.18 Å². The summed E-state index contributed by atoms with van der Waals surface area (Å²) in [4.78, 5) is 65.8. The highest BCUT2D eigenvalue weighted by molar-refractivity contribution is 6.00. The molecule has 15 nitrogen and oxygen atoms in total. The maximum absolute atomic E-state index is 17.5. The molecule has 0 unspecified atom stereocenters. The normalized spacial score (nSPS) is 39.0. The number of amides is 1. The van der Waals surface area contributed by atoms with E-state index < -0.39 is 95.3 Å². The fourth-order valence-corrected chi connectivity index (χ4v) is 8.69. The molecule has 0 saturated carbocycles. The quantitative estimate of drug-likeness (QED) is 0.291. The van der Waals surface area contributed by atoms with Crippen LogP contribution in [-0.2, 0) is 45.1 Å². The molecule has 1 amide bonds. The number of rotatable bonds is 8. The van der Waals surface area contributed by atoms with Gasteiger partial charge in [0.05, 0.1) is 42.3 Å². The number of carbonyl (C=O) groups is 4. The van der Waals surface area contributed by atoms with Crippen molar-refractivity contribution in [2.24, 2.45) is 24.8 Å². The molecule has 0 spiro atoms. The number of Topliss-reactive ketones (excluding diaryl/α,β-unsaturated/α-hetero) is 2. The number of aliphatic hydroxyl groups is 1. The van der Waals surface area contributed by atoms with E-state index in [2.05, 4.69) is 15.3 Å². The summed E-state index contributed by atoms with van der Waals surface area (Å²) in [5, 5.41) is 14.2. The number of pyridine rings is 1. The number of aliphatic hydroxyl groups excluding tert-OH is 1. The summed E-state index contributed by atoms with van der Waals surface area (Å²) in [5.74, 6) is -6.06. The van der Waals surface area contributed by atoms with Gasteiger partial charge in [-0.1, -0.05) is 32.9 Å². The maximum Gasteiger partial charge on any atom is 0.408 e. The molecule has 0 bridgehead atoms. The second kappa shape index (κ2) is 16.6. The van der Waals surface area contributed by atoms with Crippen LogP contribution in [-0.4, -0.2) is 129 Å². The van der Waals surface area contributed by atoms with Crippen LogP contribution in [0.15, 0.2) is 24.7 Å². The molecule has 0 aliphatic carbocycles. The molecule has 3 fully saturated rings. The number of cyclic esters (lactones) is 1. The molecule has 0 aromatic carbocycles. The third-order valence-electron chi connectivity index (χ3n) is 11.8. The summed E-state index contributed by atoms with van der Waals surface area (Å²) >= 11 is 0. The molecule has 3 aliphatic rings. The molecule has 3 saturated heterocycles. The number of ether oxygens (including phenoxy) is 5. The maximum atomic E-state index is 17.5. The number of hydrogen-bond donors (Lipinski definition) is 2. The first kappa shape index (κ1) is 43.3. The average molecular weight is 788 g/mol. The van der Waals surface area contributed by atoms with Gasteiger partial charge < -0.3 is 43.6 Å². The van der Waals surface area contributed by atoms with Crippen molar-refractivity contribution in [1.29, 1.82) is 0 Å². The van der Waals surface area contributed by atoms with Crippen LogP contribution in [0, 0.1) is 17.8 Å². The highest BCUT2D eigenvalue weighted by Gasteiger charge is 2.59. The Kier molecular flexibility index (Phi) is 12.8. The summed E-state index contributed by atoms with van der Waals surface area (Å²) in [5.41, 5.74) is -3.85. The summed E-state index contributed by atoms with van der Waals surface area (Å²) in [6.45, 7) is 12.1. The number of aromatic nitrogens is 3. The largest absolute Gasteiger partial charge is 0.458 e. The minimum absolute atomic E-state index is 0.133. The summed E-state index contributed by atoms with van der Waals surface area (Å²) in [6, 6.07) is 0.416. The SMILES string of the molecule is CC[C@H]1OC(=O)[C@H](C)C(=O)[C@H](C)[C@@H](O[C@@H]2O[C@H](C)C[C@H](N(C)C)[C@H]2O)[C@](C)(OC/C=C/c2cnc3ncn(C)c3c2)C[C@](C)(F)C(=O)[C@H](C)[C@@H]2NC(=O)O[C@]12C. The predicted molar refractivity (Wildman–Crippen MR) is 203 cm³/mol. The zero-order valence-corrected chi connectivity index (χ0v) is 34.3. The third kappa shape index (κ3) is 8.54. The fraction of sp³-hybridized carbons (Fsp3) is 0.700. The first-order chi connectivity index (χ1) is 26.1. The molecule has 3 aliphatic heterocycles. The van der Waals surface area contributed by atoms with Gasteiger partial charge in [0.15, 0.2) is 34.8 Å². The number of halogens is 1. The number of fused-ring (bicyclic) bond motifs is 2. The molecular formula is C40H58FN5O10. The number of likely N-dealkylation sites (N-methyl/N-ethyl adjacent to an activating group) is 1. The van der Waals surface area contributed by atoms with Crippen molar-refractivity contribution in [3.63, 3.8) is 0 Å². The second-order valence-electron chi connectivity index (χ2n) is 16.6. The molecule has 5 heterocycles. The van der Waals surface area contributed by atoms with Crippen molar-refractivity contribution in [2.45, 2.75) is 134 Å². The minimum atomic E-state index is -2.63. The van der Waals surface area contributed by atoms with E-state index in [1.165, 1.54) is 27.7 Å². The lowest BCUT2D eigenvalue weighted by Gasteiger charge is -2.48. The second-order valence-corrected chi connectivity index (χ2v) is 16.6. The average Bonchev–Trinajstić information content (AvgIpc) is 3.67. The van der Waals surface area contributed by atoms with Crippen LogP contribution in [0.1, 0.15) is 80.2 Å². The highest BCUT2D eigenvalue weighted by atomic mass is 19.1. The predicted octanol–water partition coefficient (Wildman–Crippen LogP) is 3.94. The smallest absolute Gasteiger partial charge is 0.408 e. The summed E-state index contributed by atoms with van der Waals surface area (Å²) in [6.07, 6.45) is 0.642. The molecule has 310 valence electrons. The Balaban J connectivity index is 1.59. The Labute approximate surface area is 327 Å². The summed E-state index contributed by atoms with van der Waals surface area (Å²) < 4.78 is 50.1. The van der Waals surface area contributed by atoms with Crippen LogP contribution >= 0.6 is 0 Å². The molecule has 5 rings (SSSR count). The Morgan fingerprint density at radius 2 is 1.80 bits per heavy atom. The highest BCUT2D eigenvalue weighted by Crippen LogP contribution is 2.42. The Morgan fingerprint density at radius 3 is 2.46 bits per heavy atom. The minimum Gasteiger partial charge on any atom is -0.458 e. The lowest BCUT2D eigenvalue weighted by molar-refractivity contribution is -0.297. The van der Waals surface area contributed by atoms with Gasteiger partial charge in [0, 0.05) is 37.5 Å². The van der Waals surface area contributed by atoms with Crippen LogP contribution in [0.5, 0.6) is 0 Å². The van der Waals surface area contributed by atoms with Crippen LogP contribution in [0.25, 0.3) is 17.2 Å². The van der Waals surface area contributed by atoms with Gasteiger partial charge in [-0.3, -0.25) is 14.4 Å². The van der Waals surface area contributed by atoms with Gasteiger partial charge in [-0.25, -0.2) is 19.2 Å². The lowest BCUT2D eigenvalue weighted by atomic mass is 9.72. The number of hydrogen-bond acceptors (Lipinski definition) is 13. The first-order valence-electron chi connectivity index (χ1n) is 19.3. The van der Waals surface area contributed by atoms with E-state index in [-0.39, 0.29) is 25.2 Å².